The van der Waals surface area contributed by atoms with Crippen molar-refractivity contribution in [3.05, 3.63) is 90.0 Å². The van der Waals surface area contributed by atoms with Gasteiger partial charge < -0.3 is 10.1 Å². The molecule has 0 saturated heterocycles. The van der Waals surface area contributed by atoms with E-state index < -0.39 is 5.91 Å². The number of para-hydroxylation sites is 1. The fourth-order valence-electron chi connectivity index (χ4n) is 2.54. The van der Waals surface area contributed by atoms with Gasteiger partial charge in [-0.05, 0) is 54.1 Å². The summed E-state index contributed by atoms with van der Waals surface area (Å²) >= 11 is 0. The summed E-state index contributed by atoms with van der Waals surface area (Å²) < 4.78 is 5.09. The maximum Gasteiger partial charge on any atom is 0.257 e. The van der Waals surface area contributed by atoms with Gasteiger partial charge >= 0.3 is 0 Å². The lowest BCUT2D eigenvalue weighted by Crippen LogP contribution is -2.31. The van der Waals surface area contributed by atoms with E-state index in [1.165, 1.54) is 0 Å². The number of anilines is 2. The van der Waals surface area contributed by atoms with Crippen LogP contribution >= 0.6 is 0 Å². The summed E-state index contributed by atoms with van der Waals surface area (Å²) in [6.07, 6.45) is 0.113. The summed E-state index contributed by atoms with van der Waals surface area (Å²) in [4.78, 5) is 24.5. The molecule has 27 heavy (non-hydrogen) atoms. The van der Waals surface area contributed by atoms with Gasteiger partial charge in [-0.3, -0.25) is 14.9 Å². The molecule has 5 heteroatoms. The molecule has 5 nitrogen and oxygen atoms in total. The minimum absolute atomic E-state index is 0.113. The average molecular weight is 359 g/mol. The third kappa shape index (κ3) is 5.19. The van der Waals surface area contributed by atoms with Gasteiger partial charge in [0.05, 0.1) is 13.5 Å². The van der Waals surface area contributed by atoms with Crippen molar-refractivity contribution in [2.24, 2.45) is 0 Å². The van der Waals surface area contributed by atoms with E-state index in [1.54, 1.807) is 49.6 Å². The van der Waals surface area contributed by atoms with E-state index >= 15 is 0 Å². The molecule has 0 spiro atoms. The molecule has 0 saturated carbocycles. The molecule has 3 rings (SSSR count). The zero-order valence-electron chi connectivity index (χ0n) is 14.9. The van der Waals surface area contributed by atoms with Crippen LogP contribution in [-0.2, 0) is 11.2 Å². The lowest BCUT2D eigenvalue weighted by Gasteiger charge is -2.09. The molecule has 0 bridgehead atoms. The maximum atomic E-state index is 12.4. The van der Waals surface area contributed by atoms with Crippen molar-refractivity contribution in [3.63, 3.8) is 0 Å². The highest BCUT2D eigenvalue weighted by atomic mass is 16.5. The van der Waals surface area contributed by atoms with Gasteiger partial charge in [-0.1, -0.05) is 30.3 Å². The minimum Gasteiger partial charge on any atom is -0.497 e. The number of benzene rings is 3. The number of carbonyl (C=O) groups excluding carboxylic acids is 2. The largest absolute Gasteiger partial charge is 0.497 e. The van der Waals surface area contributed by atoms with Crippen LogP contribution in [0.15, 0.2) is 72.8 Å². The SMILES string of the molecule is COc1ccc(CC(=O)NC(=O)c2c[c]cc(Nc3ccccc3)c2)cc1. The molecule has 0 fully saturated rings. The first-order chi connectivity index (χ1) is 13.1. The minimum atomic E-state index is -0.457. The van der Waals surface area contributed by atoms with Gasteiger partial charge in [0.15, 0.2) is 0 Å². The molecule has 0 unspecified atom stereocenters. The normalized spacial score (nSPS) is 10.1. The van der Waals surface area contributed by atoms with Crippen LogP contribution in [0.5, 0.6) is 5.75 Å². The quantitative estimate of drug-likeness (QED) is 0.704. The fourth-order valence-corrected chi connectivity index (χ4v) is 2.54. The first kappa shape index (κ1) is 18.2. The Morgan fingerprint density at radius 3 is 2.41 bits per heavy atom. The number of carbonyl (C=O) groups is 2. The van der Waals surface area contributed by atoms with Gasteiger partial charge in [-0.15, -0.1) is 0 Å². The van der Waals surface area contributed by atoms with Crippen LogP contribution in [0, 0.1) is 6.07 Å². The number of ether oxygens (including phenoxy) is 1. The molecule has 0 aromatic heterocycles. The molecule has 3 aromatic carbocycles. The van der Waals surface area contributed by atoms with Gasteiger partial charge in [-0.25, -0.2) is 0 Å². The maximum absolute atomic E-state index is 12.4. The number of imide groups is 1. The molecule has 0 atom stereocenters. The molecule has 2 N–H and O–H groups in total. The Balaban J connectivity index is 1.61. The number of rotatable bonds is 6. The van der Waals surface area contributed by atoms with Crippen molar-refractivity contribution in [2.75, 3.05) is 12.4 Å². The van der Waals surface area contributed by atoms with Crippen molar-refractivity contribution < 1.29 is 14.3 Å². The van der Waals surface area contributed by atoms with E-state index in [2.05, 4.69) is 16.7 Å². The number of methoxy groups -OCH3 is 1. The second-order valence-corrected chi connectivity index (χ2v) is 5.90. The number of amides is 2. The molecular formula is C22H19N2O3. The van der Waals surface area contributed by atoms with Crippen molar-refractivity contribution in [1.29, 1.82) is 0 Å². The van der Waals surface area contributed by atoms with Crippen LogP contribution in [-0.4, -0.2) is 18.9 Å². The first-order valence-electron chi connectivity index (χ1n) is 8.44. The monoisotopic (exact) mass is 359 g/mol. The number of nitrogens with one attached hydrogen (secondary N) is 2. The van der Waals surface area contributed by atoms with Crippen molar-refractivity contribution in [1.82, 2.24) is 5.32 Å². The van der Waals surface area contributed by atoms with E-state index in [1.807, 2.05) is 30.3 Å². The lowest BCUT2D eigenvalue weighted by atomic mass is 10.1. The molecule has 3 aromatic rings. The van der Waals surface area contributed by atoms with Crippen LogP contribution in [0.2, 0.25) is 0 Å². The Kier molecular flexibility index (Phi) is 5.84. The summed E-state index contributed by atoms with van der Waals surface area (Å²) in [5.74, 6) is -0.110. The lowest BCUT2D eigenvalue weighted by molar-refractivity contribution is -0.119. The highest BCUT2D eigenvalue weighted by Gasteiger charge is 2.12. The molecule has 2 amide bonds. The Morgan fingerprint density at radius 1 is 0.963 bits per heavy atom. The summed E-state index contributed by atoms with van der Waals surface area (Å²) in [6, 6.07) is 24.6. The Hall–Kier alpha value is -3.60. The van der Waals surface area contributed by atoms with Crippen LogP contribution < -0.4 is 15.4 Å². The predicted molar refractivity (Wildman–Crippen MR) is 104 cm³/mol. The summed E-state index contributed by atoms with van der Waals surface area (Å²) in [6.45, 7) is 0. The molecule has 0 aliphatic carbocycles. The summed E-state index contributed by atoms with van der Waals surface area (Å²) in [5.41, 5.74) is 2.78. The summed E-state index contributed by atoms with van der Waals surface area (Å²) in [5, 5.41) is 5.60. The van der Waals surface area contributed by atoms with E-state index in [9.17, 15) is 9.59 Å². The van der Waals surface area contributed by atoms with Gasteiger partial charge in [0, 0.05) is 16.9 Å². The molecule has 135 valence electrons. The summed E-state index contributed by atoms with van der Waals surface area (Å²) in [7, 11) is 1.58. The van der Waals surface area contributed by atoms with E-state index in [4.69, 9.17) is 4.74 Å². The second kappa shape index (κ2) is 8.67. The van der Waals surface area contributed by atoms with E-state index in [-0.39, 0.29) is 12.3 Å². The average Bonchev–Trinajstić information content (AvgIpc) is 2.69. The smallest absolute Gasteiger partial charge is 0.257 e. The van der Waals surface area contributed by atoms with Crippen LogP contribution in [0.25, 0.3) is 0 Å². The molecule has 1 radical (unpaired) electrons. The van der Waals surface area contributed by atoms with Crippen LogP contribution in [0.4, 0.5) is 11.4 Å². The van der Waals surface area contributed by atoms with Crippen molar-refractivity contribution >= 4 is 23.2 Å². The molecular weight excluding hydrogens is 340 g/mol. The topological polar surface area (TPSA) is 67.4 Å². The van der Waals surface area contributed by atoms with Gasteiger partial charge in [0.25, 0.3) is 5.91 Å². The number of hydrogen-bond acceptors (Lipinski definition) is 4. The van der Waals surface area contributed by atoms with Gasteiger partial charge in [0.2, 0.25) is 5.91 Å². The molecule has 0 aliphatic heterocycles. The highest BCUT2D eigenvalue weighted by Crippen LogP contribution is 2.17. The Morgan fingerprint density at radius 2 is 1.70 bits per heavy atom. The third-order valence-electron chi connectivity index (χ3n) is 3.89. The van der Waals surface area contributed by atoms with Crippen molar-refractivity contribution in [3.8, 4) is 5.75 Å². The molecule has 0 aliphatic rings. The van der Waals surface area contributed by atoms with Crippen LogP contribution in [0.3, 0.4) is 0 Å². The standard InChI is InChI=1S/C22H19N2O3/c1-27-20-12-10-16(11-13-20)14-21(25)24-22(26)17-6-5-9-19(15-17)23-18-7-3-2-4-8-18/h2-4,6-13,15,23H,14H2,1H3,(H,24,25,26). The first-order valence-corrected chi connectivity index (χ1v) is 8.44. The van der Waals surface area contributed by atoms with Gasteiger partial charge in [0.1, 0.15) is 5.75 Å². The number of hydrogen-bond donors (Lipinski definition) is 2. The third-order valence-corrected chi connectivity index (χ3v) is 3.89. The fraction of sp³-hybridized carbons (Fsp3) is 0.0909. The zero-order chi connectivity index (χ0) is 19.1. The van der Waals surface area contributed by atoms with E-state index in [0.717, 1.165) is 16.9 Å². The second-order valence-electron chi connectivity index (χ2n) is 5.90. The Bertz CT molecular complexity index is 922. The highest BCUT2D eigenvalue weighted by molar-refractivity contribution is 6.05. The zero-order valence-corrected chi connectivity index (χ0v) is 14.9. The van der Waals surface area contributed by atoms with E-state index in [0.29, 0.717) is 11.3 Å². The molecule has 0 heterocycles. The van der Waals surface area contributed by atoms with Crippen LogP contribution in [0.1, 0.15) is 15.9 Å². The van der Waals surface area contributed by atoms with Crippen molar-refractivity contribution in [2.45, 2.75) is 6.42 Å². The predicted octanol–water partition coefficient (Wildman–Crippen LogP) is 3.74. The Labute approximate surface area is 158 Å². The van der Waals surface area contributed by atoms with Gasteiger partial charge in [-0.2, -0.15) is 0 Å².